The van der Waals surface area contributed by atoms with Crippen LogP contribution in [0.25, 0.3) is 0 Å². The summed E-state index contributed by atoms with van der Waals surface area (Å²) in [4.78, 5) is 0. The van der Waals surface area contributed by atoms with Crippen LogP contribution in [0.2, 0.25) is 0 Å². The Balaban J connectivity index is 1.83. The molecule has 4 unspecified atom stereocenters. The zero-order valence-electron chi connectivity index (χ0n) is 8.34. The zero-order chi connectivity index (χ0) is 8.55. The summed E-state index contributed by atoms with van der Waals surface area (Å²) >= 11 is 0. The van der Waals surface area contributed by atoms with Gasteiger partial charge in [0, 0.05) is 6.04 Å². The van der Waals surface area contributed by atoms with Gasteiger partial charge in [0.25, 0.3) is 0 Å². The third-order valence-electron chi connectivity index (χ3n) is 3.96. The minimum Gasteiger partial charge on any atom is -0.313 e. The summed E-state index contributed by atoms with van der Waals surface area (Å²) in [6, 6.07) is 0.873. The second-order valence-electron chi connectivity index (χ2n) is 4.60. The molecule has 1 N–H and O–H groups in total. The molecule has 0 heterocycles. The highest BCUT2D eigenvalue weighted by Gasteiger charge is 2.49. The van der Waals surface area contributed by atoms with Gasteiger partial charge in [-0.05, 0) is 43.6 Å². The average molecular weight is 167 g/mol. The molecule has 0 spiro atoms. The summed E-state index contributed by atoms with van der Waals surface area (Å²) in [7, 11) is 0. The van der Waals surface area contributed by atoms with Crippen molar-refractivity contribution in [3.63, 3.8) is 0 Å². The SMILES string of the molecule is CCCNC1C(C)C2CCCC21. The van der Waals surface area contributed by atoms with Crippen molar-refractivity contribution < 1.29 is 0 Å². The highest BCUT2D eigenvalue weighted by atomic mass is 15.0. The van der Waals surface area contributed by atoms with Crippen LogP contribution in [0.3, 0.4) is 0 Å². The number of fused-ring (bicyclic) bond motifs is 1. The lowest BCUT2D eigenvalue weighted by Gasteiger charge is -2.48. The van der Waals surface area contributed by atoms with Crippen molar-refractivity contribution in [1.82, 2.24) is 5.32 Å². The molecule has 0 aromatic carbocycles. The molecule has 0 bridgehead atoms. The number of nitrogens with one attached hydrogen (secondary N) is 1. The molecule has 0 radical (unpaired) electrons. The van der Waals surface area contributed by atoms with E-state index in [4.69, 9.17) is 0 Å². The van der Waals surface area contributed by atoms with Gasteiger partial charge in [0.05, 0.1) is 0 Å². The van der Waals surface area contributed by atoms with Gasteiger partial charge in [-0.2, -0.15) is 0 Å². The van der Waals surface area contributed by atoms with E-state index in [0.29, 0.717) is 0 Å². The Morgan fingerprint density at radius 2 is 2.00 bits per heavy atom. The Morgan fingerprint density at radius 3 is 2.75 bits per heavy atom. The summed E-state index contributed by atoms with van der Waals surface area (Å²) in [5, 5.41) is 3.69. The van der Waals surface area contributed by atoms with E-state index in [1.54, 1.807) is 0 Å². The molecule has 4 atom stereocenters. The first kappa shape index (κ1) is 8.55. The van der Waals surface area contributed by atoms with Gasteiger partial charge < -0.3 is 5.32 Å². The van der Waals surface area contributed by atoms with E-state index in [-0.39, 0.29) is 0 Å². The molecule has 12 heavy (non-hydrogen) atoms. The lowest BCUT2D eigenvalue weighted by atomic mass is 9.63. The topological polar surface area (TPSA) is 12.0 Å². The maximum Gasteiger partial charge on any atom is 0.0126 e. The van der Waals surface area contributed by atoms with E-state index in [1.165, 1.54) is 32.2 Å². The molecule has 2 fully saturated rings. The Bertz CT molecular complexity index is 155. The molecule has 0 aliphatic heterocycles. The van der Waals surface area contributed by atoms with Crippen LogP contribution in [0.1, 0.15) is 39.5 Å². The van der Waals surface area contributed by atoms with E-state index in [2.05, 4.69) is 19.2 Å². The molecule has 0 aromatic heterocycles. The molecule has 70 valence electrons. The van der Waals surface area contributed by atoms with Crippen molar-refractivity contribution in [2.75, 3.05) is 6.54 Å². The van der Waals surface area contributed by atoms with Crippen molar-refractivity contribution in [2.45, 2.75) is 45.6 Å². The Morgan fingerprint density at radius 1 is 1.25 bits per heavy atom. The molecule has 2 aliphatic rings. The van der Waals surface area contributed by atoms with Gasteiger partial charge >= 0.3 is 0 Å². The monoisotopic (exact) mass is 167 g/mol. The fourth-order valence-electron chi connectivity index (χ4n) is 3.28. The number of hydrogen-bond donors (Lipinski definition) is 1. The molecule has 1 nitrogen and oxygen atoms in total. The Labute approximate surface area is 75.9 Å². The van der Waals surface area contributed by atoms with Gasteiger partial charge in [-0.25, -0.2) is 0 Å². The van der Waals surface area contributed by atoms with E-state index in [9.17, 15) is 0 Å². The third kappa shape index (κ3) is 1.19. The minimum absolute atomic E-state index is 0.873. The number of hydrogen-bond acceptors (Lipinski definition) is 1. The molecular weight excluding hydrogens is 146 g/mol. The Kier molecular flexibility index (Phi) is 2.40. The molecule has 0 saturated heterocycles. The minimum atomic E-state index is 0.873. The standard InChI is InChI=1S/C11H21N/c1-3-7-12-11-8(2)9-5-4-6-10(9)11/h8-12H,3-7H2,1-2H3. The second-order valence-corrected chi connectivity index (χ2v) is 4.60. The van der Waals surface area contributed by atoms with E-state index in [1.807, 2.05) is 0 Å². The van der Waals surface area contributed by atoms with Gasteiger partial charge in [-0.1, -0.05) is 20.3 Å². The first-order chi connectivity index (χ1) is 5.84. The van der Waals surface area contributed by atoms with Gasteiger partial charge in [-0.3, -0.25) is 0 Å². The van der Waals surface area contributed by atoms with Crippen molar-refractivity contribution in [1.29, 1.82) is 0 Å². The summed E-state index contributed by atoms with van der Waals surface area (Å²) in [6.07, 6.45) is 5.77. The largest absolute Gasteiger partial charge is 0.313 e. The second kappa shape index (κ2) is 3.37. The molecule has 2 rings (SSSR count). The first-order valence-electron chi connectivity index (χ1n) is 5.58. The van der Waals surface area contributed by atoms with Crippen molar-refractivity contribution in [2.24, 2.45) is 17.8 Å². The lowest BCUT2D eigenvalue weighted by molar-refractivity contribution is 0.0525. The van der Waals surface area contributed by atoms with Crippen LogP contribution in [-0.2, 0) is 0 Å². The molecule has 1 heteroatoms. The van der Waals surface area contributed by atoms with Gasteiger partial charge in [-0.15, -0.1) is 0 Å². The fraction of sp³-hybridized carbons (Fsp3) is 1.00. The summed E-state index contributed by atoms with van der Waals surface area (Å²) in [5.74, 6) is 3.09. The first-order valence-corrected chi connectivity index (χ1v) is 5.58. The highest BCUT2D eigenvalue weighted by molar-refractivity contribution is 5.02. The molecule has 2 saturated carbocycles. The predicted octanol–water partition coefficient (Wildman–Crippen LogP) is 2.42. The average Bonchev–Trinajstić information content (AvgIpc) is 2.49. The van der Waals surface area contributed by atoms with Crippen LogP contribution in [-0.4, -0.2) is 12.6 Å². The van der Waals surface area contributed by atoms with Crippen LogP contribution in [0.4, 0.5) is 0 Å². The normalized spacial score (nSPS) is 45.5. The summed E-state index contributed by atoms with van der Waals surface area (Å²) < 4.78 is 0. The van der Waals surface area contributed by atoms with E-state index >= 15 is 0 Å². The van der Waals surface area contributed by atoms with Crippen LogP contribution in [0.15, 0.2) is 0 Å². The molecule has 0 amide bonds. The van der Waals surface area contributed by atoms with Crippen molar-refractivity contribution in [3.05, 3.63) is 0 Å². The smallest absolute Gasteiger partial charge is 0.0126 e. The molecular formula is C11H21N. The maximum absolute atomic E-state index is 3.69. The van der Waals surface area contributed by atoms with Crippen LogP contribution in [0, 0.1) is 17.8 Å². The van der Waals surface area contributed by atoms with Gasteiger partial charge in [0.2, 0.25) is 0 Å². The van der Waals surface area contributed by atoms with E-state index < -0.39 is 0 Å². The molecule has 0 aromatic rings. The van der Waals surface area contributed by atoms with Gasteiger partial charge in [0.15, 0.2) is 0 Å². The van der Waals surface area contributed by atoms with Crippen LogP contribution >= 0.6 is 0 Å². The fourth-order valence-corrected chi connectivity index (χ4v) is 3.28. The van der Waals surface area contributed by atoms with Crippen molar-refractivity contribution in [3.8, 4) is 0 Å². The van der Waals surface area contributed by atoms with Crippen LogP contribution < -0.4 is 5.32 Å². The highest BCUT2D eigenvalue weighted by Crippen LogP contribution is 2.50. The van der Waals surface area contributed by atoms with E-state index in [0.717, 1.165) is 23.8 Å². The Hall–Kier alpha value is -0.0400. The van der Waals surface area contributed by atoms with Crippen molar-refractivity contribution >= 4 is 0 Å². The third-order valence-corrected chi connectivity index (χ3v) is 3.96. The van der Waals surface area contributed by atoms with Crippen LogP contribution in [0.5, 0.6) is 0 Å². The number of rotatable bonds is 3. The summed E-state index contributed by atoms with van der Waals surface area (Å²) in [5.41, 5.74) is 0. The maximum atomic E-state index is 3.69. The quantitative estimate of drug-likeness (QED) is 0.680. The predicted molar refractivity (Wildman–Crippen MR) is 52.1 cm³/mol. The zero-order valence-corrected chi connectivity index (χ0v) is 8.34. The molecule has 2 aliphatic carbocycles. The lowest BCUT2D eigenvalue weighted by Crippen LogP contribution is -2.55. The summed E-state index contributed by atoms with van der Waals surface area (Å²) in [6.45, 7) is 5.90. The van der Waals surface area contributed by atoms with Gasteiger partial charge in [0.1, 0.15) is 0 Å².